The van der Waals surface area contributed by atoms with Crippen LogP contribution >= 0.6 is 0 Å². The van der Waals surface area contributed by atoms with Crippen molar-refractivity contribution in [3.8, 4) is 5.75 Å². The summed E-state index contributed by atoms with van der Waals surface area (Å²) in [5.74, 6) is -1.42. The molecule has 1 aliphatic carbocycles. The van der Waals surface area contributed by atoms with E-state index in [1.807, 2.05) is 30.3 Å². The number of benzene rings is 3. The van der Waals surface area contributed by atoms with Gasteiger partial charge in [0.1, 0.15) is 11.6 Å². The molecule has 3 aromatic rings. The first-order valence-corrected chi connectivity index (χ1v) is 12.5. The number of carbonyl (C=O) groups is 2. The predicted octanol–water partition coefficient (Wildman–Crippen LogP) is 5.73. The van der Waals surface area contributed by atoms with Gasteiger partial charge in [-0.25, -0.2) is 9.18 Å². The minimum atomic E-state index is -1.27. The van der Waals surface area contributed by atoms with Crippen LogP contribution in [0.15, 0.2) is 60.7 Å². The molecule has 0 heterocycles. The fraction of sp³-hybridized carbons (Fsp3) is 0.379. The molecule has 1 saturated carbocycles. The summed E-state index contributed by atoms with van der Waals surface area (Å²) >= 11 is 0. The highest BCUT2D eigenvalue weighted by Crippen LogP contribution is 2.33. The van der Waals surface area contributed by atoms with Gasteiger partial charge in [-0.1, -0.05) is 55.7 Å². The highest BCUT2D eigenvalue weighted by molar-refractivity contribution is 6.05. The lowest BCUT2D eigenvalue weighted by Crippen LogP contribution is -2.48. The quantitative estimate of drug-likeness (QED) is 0.377. The molecule has 190 valence electrons. The van der Waals surface area contributed by atoms with Crippen LogP contribution in [0.3, 0.4) is 0 Å². The Morgan fingerprint density at radius 3 is 2.53 bits per heavy atom. The third kappa shape index (κ3) is 6.40. The second kappa shape index (κ2) is 12.0. The Bertz CT molecular complexity index is 1190. The van der Waals surface area contributed by atoms with E-state index >= 15 is 0 Å². The predicted molar refractivity (Wildman–Crippen MR) is 136 cm³/mol. The molecule has 0 aliphatic heterocycles. The fourth-order valence-electron chi connectivity index (χ4n) is 4.66. The Morgan fingerprint density at radius 1 is 1.06 bits per heavy atom. The molecule has 0 aromatic heterocycles. The van der Waals surface area contributed by atoms with Crippen LogP contribution in [-0.4, -0.2) is 35.7 Å². The van der Waals surface area contributed by atoms with E-state index in [1.54, 1.807) is 25.1 Å². The van der Waals surface area contributed by atoms with Gasteiger partial charge >= 0.3 is 5.97 Å². The number of carbonyl (C=O) groups excluding carboxylic acids is 1. The molecule has 0 spiro atoms. The molecule has 1 unspecified atom stereocenters. The van der Waals surface area contributed by atoms with E-state index in [0.717, 1.165) is 31.2 Å². The number of fused-ring (bicyclic) bond motifs is 1. The molecule has 6 nitrogen and oxygen atoms in total. The van der Waals surface area contributed by atoms with Crippen LogP contribution in [0.25, 0.3) is 10.8 Å². The molecule has 1 fully saturated rings. The zero-order valence-corrected chi connectivity index (χ0v) is 20.4. The topological polar surface area (TPSA) is 84.9 Å². The largest absolute Gasteiger partial charge is 0.492 e. The maximum Gasteiger partial charge on any atom is 0.328 e. The van der Waals surface area contributed by atoms with Crippen LogP contribution in [-0.2, 0) is 16.1 Å². The molecule has 2 N–H and O–H groups in total. The lowest BCUT2D eigenvalue weighted by atomic mass is 9.90. The van der Waals surface area contributed by atoms with Crippen molar-refractivity contribution in [2.75, 3.05) is 6.61 Å². The summed E-state index contributed by atoms with van der Waals surface area (Å²) in [4.78, 5) is 25.4. The van der Waals surface area contributed by atoms with Gasteiger partial charge in [-0.3, -0.25) is 4.79 Å². The summed E-state index contributed by atoms with van der Waals surface area (Å²) in [6.07, 6.45) is 4.88. The van der Waals surface area contributed by atoms with E-state index in [4.69, 9.17) is 9.47 Å². The van der Waals surface area contributed by atoms with E-state index < -0.39 is 24.0 Å². The Balaban J connectivity index is 1.54. The number of ether oxygens (including phenoxy) is 2. The molecule has 0 radical (unpaired) electrons. The van der Waals surface area contributed by atoms with Crippen LogP contribution in [0.4, 0.5) is 4.39 Å². The monoisotopic (exact) mass is 493 g/mol. The van der Waals surface area contributed by atoms with Crippen LogP contribution < -0.4 is 10.1 Å². The lowest BCUT2D eigenvalue weighted by molar-refractivity contribution is -0.143. The highest BCUT2D eigenvalue weighted by atomic mass is 19.1. The van der Waals surface area contributed by atoms with E-state index in [2.05, 4.69) is 5.32 Å². The molecule has 4 rings (SSSR count). The molecule has 2 atom stereocenters. The summed E-state index contributed by atoms with van der Waals surface area (Å²) in [5.41, 5.74) is 1.12. The zero-order valence-electron chi connectivity index (χ0n) is 20.4. The van der Waals surface area contributed by atoms with Gasteiger partial charge in [-0.05, 0) is 60.9 Å². The average Bonchev–Trinajstić information content (AvgIpc) is 2.89. The van der Waals surface area contributed by atoms with Crippen molar-refractivity contribution in [3.05, 3.63) is 77.6 Å². The molecular weight excluding hydrogens is 461 g/mol. The van der Waals surface area contributed by atoms with Crippen LogP contribution in [0, 0.1) is 11.7 Å². The van der Waals surface area contributed by atoms with E-state index in [1.165, 1.54) is 18.6 Å². The van der Waals surface area contributed by atoms with Gasteiger partial charge in [0, 0.05) is 5.39 Å². The number of rotatable bonds is 10. The number of amides is 1. The van der Waals surface area contributed by atoms with Crippen molar-refractivity contribution in [3.63, 3.8) is 0 Å². The molecule has 7 heteroatoms. The number of carboxylic acid groups (broad SMARTS) is 1. The number of hydrogen-bond donors (Lipinski definition) is 2. The van der Waals surface area contributed by atoms with Crippen molar-refractivity contribution in [2.45, 2.75) is 57.8 Å². The van der Waals surface area contributed by atoms with E-state index in [-0.39, 0.29) is 18.0 Å². The number of carboxylic acids is 1. The van der Waals surface area contributed by atoms with Crippen molar-refractivity contribution in [1.82, 2.24) is 5.32 Å². The second-order valence-electron chi connectivity index (χ2n) is 9.41. The minimum absolute atomic E-state index is 0.214. The first-order chi connectivity index (χ1) is 17.4. The Morgan fingerprint density at radius 2 is 1.81 bits per heavy atom. The van der Waals surface area contributed by atoms with Crippen LogP contribution in [0.2, 0.25) is 0 Å². The van der Waals surface area contributed by atoms with Gasteiger partial charge in [0.15, 0.2) is 6.04 Å². The summed E-state index contributed by atoms with van der Waals surface area (Å²) in [6, 6.07) is 15.7. The van der Waals surface area contributed by atoms with Crippen molar-refractivity contribution in [2.24, 2.45) is 5.92 Å². The van der Waals surface area contributed by atoms with Crippen LogP contribution in [0.1, 0.15) is 54.9 Å². The molecule has 3 aromatic carbocycles. The standard InChI is InChI=1S/C29H32FNO5/c1-19(35-17-20-8-4-2-5-9-20)26(29(33)34)31-28(32)25-14-12-22-16-23(30)13-15-24(22)27(25)36-18-21-10-6-3-7-11-21/h2,4-5,8-9,12-16,19,21,26H,3,6-7,10-11,17-18H2,1H3,(H,31,32)(H,33,34)/t19?,26-/m0/s1. The maximum absolute atomic E-state index is 13.8. The maximum atomic E-state index is 13.8. The number of nitrogens with one attached hydrogen (secondary N) is 1. The smallest absolute Gasteiger partial charge is 0.328 e. The summed E-state index contributed by atoms with van der Waals surface area (Å²) < 4.78 is 25.8. The summed E-state index contributed by atoms with van der Waals surface area (Å²) in [5, 5.41) is 13.6. The molecule has 0 saturated heterocycles. The molecule has 1 amide bonds. The Kier molecular flexibility index (Phi) is 8.54. The SMILES string of the molecule is CC(OCc1ccccc1)[C@H](NC(=O)c1ccc2cc(F)ccc2c1OCC1CCCCC1)C(=O)O. The highest BCUT2D eigenvalue weighted by Gasteiger charge is 2.29. The lowest BCUT2D eigenvalue weighted by Gasteiger charge is -2.24. The molecule has 1 aliphatic rings. The molecule has 0 bridgehead atoms. The summed E-state index contributed by atoms with van der Waals surface area (Å²) in [7, 11) is 0. The summed E-state index contributed by atoms with van der Waals surface area (Å²) in [6.45, 7) is 2.29. The van der Waals surface area contributed by atoms with Crippen molar-refractivity contribution in [1.29, 1.82) is 0 Å². The zero-order chi connectivity index (χ0) is 25.5. The van der Waals surface area contributed by atoms with Gasteiger partial charge in [0.25, 0.3) is 5.91 Å². The fourth-order valence-corrected chi connectivity index (χ4v) is 4.66. The average molecular weight is 494 g/mol. The number of hydrogen-bond acceptors (Lipinski definition) is 4. The van der Waals surface area contributed by atoms with Gasteiger partial charge in [0.05, 0.1) is 24.9 Å². The Hall–Kier alpha value is -3.45. The van der Waals surface area contributed by atoms with E-state index in [0.29, 0.717) is 29.0 Å². The van der Waals surface area contributed by atoms with Crippen molar-refractivity contribution < 1.29 is 28.6 Å². The Labute approximate surface area is 210 Å². The molecule has 36 heavy (non-hydrogen) atoms. The second-order valence-corrected chi connectivity index (χ2v) is 9.41. The third-order valence-electron chi connectivity index (χ3n) is 6.74. The van der Waals surface area contributed by atoms with Crippen molar-refractivity contribution >= 4 is 22.6 Å². The van der Waals surface area contributed by atoms with Gasteiger partial charge in [0.2, 0.25) is 0 Å². The van der Waals surface area contributed by atoms with Crippen LogP contribution in [0.5, 0.6) is 5.75 Å². The van der Waals surface area contributed by atoms with Gasteiger partial charge < -0.3 is 19.9 Å². The number of aliphatic carboxylic acids is 1. The van der Waals surface area contributed by atoms with Gasteiger partial charge in [-0.2, -0.15) is 0 Å². The van der Waals surface area contributed by atoms with E-state index in [9.17, 15) is 19.1 Å². The first-order valence-electron chi connectivity index (χ1n) is 12.5. The number of halogens is 1. The first kappa shape index (κ1) is 25.6. The van der Waals surface area contributed by atoms with Gasteiger partial charge in [-0.15, -0.1) is 0 Å². The normalized spacial score (nSPS) is 15.8. The minimum Gasteiger partial charge on any atom is -0.492 e. The molecular formula is C29H32FNO5. The third-order valence-corrected chi connectivity index (χ3v) is 6.74.